The summed E-state index contributed by atoms with van der Waals surface area (Å²) in [5.74, 6) is -0.852. The Morgan fingerprint density at radius 2 is 1.35 bits per heavy atom. The lowest BCUT2D eigenvalue weighted by molar-refractivity contribution is -0.157. The van der Waals surface area contributed by atoms with Gasteiger partial charge in [0.15, 0.2) is 0 Å². The molecule has 0 amide bonds. The summed E-state index contributed by atoms with van der Waals surface area (Å²) in [6, 6.07) is 0. The molecule has 0 spiro atoms. The minimum absolute atomic E-state index is 0.311. The van der Waals surface area contributed by atoms with E-state index in [4.69, 9.17) is 4.74 Å². The maximum absolute atomic E-state index is 12.5. The number of hydrogen-bond acceptors (Lipinski definition) is 5. The summed E-state index contributed by atoms with van der Waals surface area (Å²) >= 11 is 0. The first-order valence-electron chi connectivity index (χ1n) is 11.1. The smallest absolute Gasteiger partial charge is 0.309 e. The number of hydrogen-bond donors (Lipinski definition) is 3. The Morgan fingerprint density at radius 3 is 1.71 bits per heavy atom. The van der Waals surface area contributed by atoms with Crippen molar-refractivity contribution in [3.8, 4) is 0 Å². The Bertz CT molecular complexity index is 664. The first-order valence-corrected chi connectivity index (χ1v) is 12.5. The highest BCUT2D eigenvalue weighted by Crippen LogP contribution is 2.45. The molecular weight excluding hydrogens is 418 g/mol. The molecule has 0 aromatic rings. The number of carbonyl (C=O) groups is 1. The summed E-state index contributed by atoms with van der Waals surface area (Å²) in [6.07, 6.45) is 2.21. The van der Waals surface area contributed by atoms with Gasteiger partial charge in [-0.25, -0.2) is 13.1 Å². The molecule has 0 aliphatic carbocycles. The van der Waals surface area contributed by atoms with E-state index in [1.54, 1.807) is 27.7 Å². The number of aliphatic carboxylic acids is 1. The third-order valence-corrected chi connectivity index (χ3v) is 8.24. The average molecular weight is 468 g/mol. The molecule has 0 aromatic carbocycles. The van der Waals surface area contributed by atoms with E-state index in [-0.39, 0.29) is 0 Å². The van der Waals surface area contributed by atoms with Crippen LogP contribution in [0.1, 0.15) is 102 Å². The molecule has 188 valence electrons. The van der Waals surface area contributed by atoms with Crippen molar-refractivity contribution in [2.24, 2.45) is 10.8 Å². The largest absolute Gasteiger partial charge is 0.481 e. The van der Waals surface area contributed by atoms with E-state index in [1.807, 2.05) is 27.7 Å². The Hall–Kier alpha value is -0.700. The van der Waals surface area contributed by atoms with Crippen LogP contribution in [-0.2, 0) is 19.6 Å². The molecule has 0 aliphatic heterocycles. The summed E-state index contributed by atoms with van der Waals surface area (Å²) in [4.78, 5) is 11.6. The van der Waals surface area contributed by atoms with Crippen LogP contribution in [0.15, 0.2) is 0 Å². The van der Waals surface area contributed by atoms with Gasteiger partial charge < -0.3 is 14.9 Å². The molecule has 0 rings (SSSR count). The number of rotatable bonds is 12. The van der Waals surface area contributed by atoms with Crippen LogP contribution in [0.4, 0.5) is 0 Å². The van der Waals surface area contributed by atoms with Crippen LogP contribution in [0.5, 0.6) is 0 Å². The minimum atomic E-state index is -3.71. The van der Waals surface area contributed by atoms with E-state index in [2.05, 4.69) is 18.6 Å². The molecule has 0 fully saturated rings. The molecule has 0 bridgehead atoms. The predicted molar refractivity (Wildman–Crippen MR) is 128 cm³/mol. The number of ether oxygens (including phenoxy) is 1. The Kier molecular flexibility index (Phi) is 12.0. The van der Waals surface area contributed by atoms with Crippen LogP contribution in [0.2, 0.25) is 0 Å². The molecule has 0 aliphatic rings. The molecule has 0 saturated carbocycles. The van der Waals surface area contributed by atoms with Gasteiger partial charge in [0.25, 0.3) is 0 Å². The van der Waals surface area contributed by atoms with Gasteiger partial charge in [-0.1, -0.05) is 34.1 Å². The van der Waals surface area contributed by atoms with Gasteiger partial charge in [0, 0.05) is 12.1 Å². The topological polar surface area (TPSA) is 113 Å². The Labute approximate surface area is 191 Å². The van der Waals surface area contributed by atoms with Gasteiger partial charge >= 0.3 is 5.97 Å². The maximum atomic E-state index is 12.5. The first kappa shape index (κ1) is 32.5. The first-order chi connectivity index (χ1) is 13.5. The minimum Gasteiger partial charge on any atom is -0.481 e. The van der Waals surface area contributed by atoms with Crippen molar-refractivity contribution in [2.45, 2.75) is 118 Å². The number of carboxylic acid groups (broad SMARTS) is 1. The summed E-state index contributed by atoms with van der Waals surface area (Å²) in [5.41, 5.74) is -2.75. The molecule has 7 nitrogen and oxygen atoms in total. The second-order valence-corrected chi connectivity index (χ2v) is 13.8. The second kappa shape index (κ2) is 11.4. The number of nitrogens with one attached hydrogen (secondary N) is 1. The molecule has 31 heavy (non-hydrogen) atoms. The van der Waals surface area contributed by atoms with Gasteiger partial charge in [0.05, 0.1) is 17.6 Å². The maximum Gasteiger partial charge on any atom is 0.309 e. The van der Waals surface area contributed by atoms with Crippen molar-refractivity contribution in [3.05, 3.63) is 0 Å². The fraction of sp³-hybridized carbons (Fsp3) is 0.957. The predicted octanol–water partition coefficient (Wildman–Crippen LogP) is 4.58. The lowest BCUT2D eigenvalue weighted by atomic mass is 9.63. The van der Waals surface area contributed by atoms with Crippen molar-refractivity contribution in [1.82, 2.24) is 4.72 Å². The zero-order valence-corrected chi connectivity index (χ0v) is 22.8. The van der Waals surface area contributed by atoms with Gasteiger partial charge in [-0.3, -0.25) is 4.79 Å². The van der Waals surface area contributed by atoms with Gasteiger partial charge in [0.2, 0.25) is 10.0 Å². The normalized spacial score (nSPS) is 14.1. The van der Waals surface area contributed by atoms with Crippen LogP contribution in [0.3, 0.4) is 0 Å². The van der Waals surface area contributed by atoms with Crippen LogP contribution in [0, 0.1) is 10.8 Å². The SMILES string of the molecule is CC(C)(CCOC(C)(C)CC(C)(C)C(C)(C)C(=O)O)NS(=O)(=O)C(C)(C)CO.CCC. The fourth-order valence-corrected chi connectivity index (χ4v) is 4.12. The lowest BCUT2D eigenvalue weighted by Gasteiger charge is -2.43. The number of aliphatic hydroxyl groups is 1. The summed E-state index contributed by atoms with van der Waals surface area (Å²) < 4.78 is 32.3. The van der Waals surface area contributed by atoms with Crippen molar-refractivity contribution >= 4 is 16.0 Å². The number of carboxylic acids is 1. The van der Waals surface area contributed by atoms with Gasteiger partial charge in [0.1, 0.15) is 4.75 Å². The molecule has 0 saturated heterocycles. The quantitative estimate of drug-likeness (QED) is 0.387. The van der Waals surface area contributed by atoms with Gasteiger partial charge in [-0.15, -0.1) is 0 Å². The van der Waals surface area contributed by atoms with Crippen LogP contribution in [0.25, 0.3) is 0 Å². The monoisotopic (exact) mass is 467 g/mol. The van der Waals surface area contributed by atoms with E-state index in [0.29, 0.717) is 19.4 Å². The highest BCUT2D eigenvalue weighted by Gasteiger charge is 2.46. The molecular formula is C23H49NO6S. The highest BCUT2D eigenvalue weighted by molar-refractivity contribution is 7.90. The zero-order chi connectivity index (χ0) is 25.5. The molecule has 0 atom stereocenters. The molecule has 3 N–H and O–H groups in total. The van der Waals surface area contributed by atoms with E-state index in [9.17, 15) is 23.4 Å². The van der Waals surface area contributed by atoms with E-state index < -0.39 is 49.3 Å². The second-order valence-electron chi connectivity index (χ2n) is 11.5. The van der Waals surface area contributed by atoms with Gasteiger partial charge in [-0.2, -0.15) is 0 Å². The summed E-state index contributed by atoms with van der Waals surface area (Å²) in [7, 11) is -3.71. The van der Waals surface area contributed by atoms with Crippen molar-refractivity contribution in [3.63, 3.8) is 0 Å². The van der Waals surface area contributed by atoms with E-state index >= 15 is 0 Å². The van der Waals surface area contributed by atoms with Crippen LogP contribution in [-0.4, -0.2) is 53.7 Å². The molecule has 0 aromatic heterocycles. The van der Waals surface area contributed by atoms with Gasteiger partial charge in [-0.05, 0) is 73.6 Å². The number of sulfonamides is 1. The zero-order valence-electron chi connectivity index (χ0n) is 22.0. The van der Waals surface area contributed by atoms with Crippen molar-refractivity contribution in [1.29, 1.82) is 0 Å². The highest BCUT2D eigenvalue weighted by atomic mass is 32.2. The number of aliphatic hydroxyl groups excluding tert-OH is 1. The third-order valence-electron chi connectivity index (χ3n) is 5.83. The van der Waals surface area contributed by atoms with E-state index in [1.165, 1.54) is 20.3 Å². The Morgan fingerprint density at radius 1 is 0.935 bits per heavy atom. The van der Waals surface area contributed by atoms with Crippen LogP contribution >= 0.6 is 0 Å². The molecule has 8 heteroatoms. The average Bonchev–Trinajstić information content (AvgIpc) is 2.52. The lowest BCUT2D eigenvalue weighted by Crippen LogP contribution is -2.53. The fourth-order valence-electron chi connectivity index (χ4n) is 2.85. The Balaban J connectivity index is 0. The van der Waals surface area contributed by atoms with Crippen molar-refractivity contribution in [2.75, 3.05) is 13.2 Å². The van der Waals surface area contributed by atoms with E-state index in [0.717, 1.165) is 0 Å². The summed E-state index contributed by atoms with van der Waals surface area (Å²) in [6.45, 7) is 21.7. The molecule has 0 unspecified atom stereocenters. The standard InChI is InChI=1S/C20H41NO6S.C3H8/c1-16(2,20(9,10)15(23)24)13-18(5,6)27-12-11-17(3,4)21-28(25,26)19(7,8)14-22;1-3-2/h21-22H,11-14H2,1-10H3,(H,23,24);3H2,1-2H3. The van der Waals surface area contributed by atoms with Crippen LogP contribution < -0.4 is 4.72 Å². The molecule has 0 heterocycles. The summed E-state index contributed by atoms with van der Waals surface area (Å²) in [5, 5.41) is 18.9. The van der Waals surface area contributed by atoms with Crippen molar-refractivity contribution < 1.29 is 28.2 Å². The third kappa shape index (κ3) is 10.2. The molecule has 0 radical (unpaired) electrons.